The Morgan fingerprint density at radius 3 is 3.00 bits per heavy atom. The number of ether oxygens (including phenoxy) is 1. The van der Waals surface area contributed by atoms with Crippen molar-refractivity contribution in [2.45, 2.75) is 51.0 Å². The number of nitrogens with zero attached hydrogens (tertiary/aromatic N) is 3. The maximum Gasteiger partial charge on any atom is 0.247 e. The second kappa shape index (κ2) is 8.04. The maximum atomic E-state index is 12.9. The summed E-state index contributed by atoms with van der Waals surface area (Å²) in [6.07, 6.45) is 8.36. The molecule has 1 saturated carbocycles. The van der Waals surface area contributed by atoms with Crippen molar-refractivity contribution in [2.75, 3.05) is 13.2 Å². The smallest absolute Gasteiger partial charge is 0.247 e. The molecule has 1 amide bonds. The topological polar surface area (TPSA) is 88.7 Å². The molecule has 2 heterocycles. The predicted octanol–water partition coefficient (Wildman–Crippen LogP) is 3.82. The van der Waals surface area contributed by atoms with Crippen molar-refractivity contribution in [3.63, 3.8) is 0 Å². The molecule has 4 rings (SSSR count). The number of hydrogen-bond acceptors (Lipinski definition) is 6. The molecule has 2 aliphatic rings. The zero-order valence-corrected chi connectivity index (χ0v) is 16.0. The highest BCUT2D eigenvalue weighted by atomic mass is 16.5. The van der Waals surface area contributed by atoms with Gasteiger partial charge in [-0.2, -0.15) is 4.98 Å². The number of carbonyl (C=O) groups excluding carboxylic acids is 1. The Balaban J connectivity index is 1.48. The Bertz CT molecular complexity index is 872. The van der Waals surface area contributed by atoms with Gasteiger partial charge in [-0.3, -0.25) is 4.79 Å². The number of aromatic hydroxyl groups is 1. The van der Waals surface area contributed by atoms with Crippen LogP contribution < -0.4 is 4.74 Å². The van der Waals surface area contributed by atoms with E-state index in [2.05, 4.69) is 10.1 Å². The fourth-order valence-electron chi connectivity index (χ4n) is 3.51. The van der Waals surface area contributed by atoms with Gasteiger partial charge in [0.1, 0.15) is 0 Å². The number of carbonyl (C=O) groups is 1. The summed E-state index contributed by atoms with van der Waals surface area (Å²) in [6, 6.07) is 4.90. The van der Waals surface area contributed by atoms with Crippen LogP contribution in [0.15, 0.2) is 28.8 Å². The van der Waals surface area contributed by atoms with Crippen molar-refractivity contribution in [2.24, 2.45) is 0 Å². The van der Waals surface area contributed by atoms with Gasteiger partial charge in [-0.15, -0.1) is 0 Å². The zero-order chi connectivity index (χ0) is 19.5. The number of rotatable bonds is 6. The molecule has 1 N–H and O–H groups in total. The van der Waals surface area contributed by atoms with E-state index in [4.69, 9.17) is 9.26 Å². The molecule has 0 radical (unpaired) electrons. The summed E-state index contributed by atoms with van der Waals surface area (Å²) >= 11 is 0. The van der Waals surface area contributed by atoms with E-state index >= 15 is 0 Å². The zero-order valence-electron chi connectivity index (χ0n) is 16.0. The van der Waals surface area contributed by atoms with Crippen LogP contribution in [0.25, 0.3) is 6.08 Å². The van der Waals surface area contributed by atoms with Crippen molar-refractivity contribution in [1.29, 1.82) is 0 Å². The number of phenolic OH excluding ortho intramolecular Hbond substituents is 1. The normalized spacial score (nSPS) is 19.9. The second-order valence-electron chi connectivity index (χ2n) is 7.30. The van der Waals surface area contributed by atoms with Crippen LogP contribution in [0.5, 0.6) is 11.5 Å². The van der Waals surface area contributed by atoms with Gasteiger partial charge in [0, 0.05) is 18.5 Å². The molecule has 1 unspecified atom stereocenters. The first-order chi connectivity index (χ1) is 13.7. The number of likely N-dealkylation sites (tertiary alicyclic amines) is 1. The molecular formula is C21H25N3O4. The Morgan fingerprint density at radius 1 is 1.36 bits per heavy atom. The number of hydrogen-bond donors (Lipinski definition) is 1. The highest BCUT2D eigenvalue weighted by molar-refractivity contribution is 5.92. The molecule has 1 aliphatic carbocycles. The first kappa shape index (κ1) is 18.5. The third-order valence-electron chi connectivity index (χ3n) is 5.17. The van der Waals surface area contributed by atoms with Crippen LogP contribution in [0, 0.1) is 0 Å². The molecule has 148 valence electrons. The number of benzene rings is 1. The number of phenols is 1. The highest BCUT2D eigenvalue weighted by Crippen LogP contribution is 2.40. The molecular weight excluding hydrogens is 358 g/mol. The summed E-state index contributed by atoms with van der Waals surface area (Å²) in [5, 5.41) is 14.0. The average Bonchev–Trinajstić information content (AvgIpc) is 3.45. The molecule has 1 aromatic carbocycles. The Kier molecular flexibility index (Phi) is 5.32. The van der Waals surface area contributed by atoms with E-state index in [1.54, 1.807) is 30.4 Å². The minimum atomic E-state index is -0.138. The molecule has 1 aromatic heterocycles. The Hall–Kier alpha value is -2.83. The van der Waals surface area contributed by atoms with E-state index in [9.17, 15) is 9.90 Å². The number of amides is 1. The molecule has 1 aliphatic heterocycles. The summed E-state index contributed by atoms with van der Waals surface area (Å²) in [4.78, 5) is 19.2. The monoisotopic (exact) mass is 383 g/mol. The second-order valence-corrected chi connectivity index (χ2v) is 7.30. The standard InChI is InChI=1S/C21H25N3O4/c1-2-27-18-13-14(6-10-17(18)25)7-11-19(26)24-12-4-3-5-16(24)20-22-21(28-23-20)15-8-9-15/h6-7,10-11,13,15-16,25H,2-5,8-9,12H2,1H3/b11-7+. The minimum Gasteiger partial charge on any atom is -0.504 e. The number of piperidine rings is 1. The Labute approximate surface area is 164 Å². The molecule has 1 saturated heterocycles. The molecule has 2 aromatic rings. The summed E-state index contributed by atoms with van der Waals surface area (Å²) in [5.74, 6) is 2.15. The van der Waals surface area contributed by atoms with Crippen molar-refractivity contribution in [1.82, 2.24) is 15.0 Å². The first-order valence-electron chi connectivity index (χ1n) is 9.93. The number of aromatic nitrogens is 2. The maximum absolute atomic E-state index is 12.9. The summed E-state index contributed by atoms with van der Waals surface area (Å²) in [7, 11) is 0. The van der Waals surface area contributed by atoms with E-state index in [0.717, 1.165) is 37.7 Å². The van der Waals surface area contributed by atoms with Crippen LogP contribution in [0.4, 0.5) is 0 Å². The van der Waals surface area contributed by atoms with E-state index in [-0.39, 0.29) is 17.7 Å². The van der Waals surface area contributed by atoms with Crippen LogP contribution in [0.1, 0.15) is 68.3 Å². The van der Waals surface area contributed by atoms with E-state index in [1.165, 1.54) is 0 Å². The van der Waals surface area contributed by atoms with E-state index in [0.29, 0.717) is 36.5 Å². The molecule has 1 atom stereocenters. The van der Waals surface area contributed by atoms with Gasteiger partial charge in [0.25, 0.3) is 0 Å². The molecule has 28 heavy (non-hydrogen) atoms. The van der Waals surface area contributed by atoms with Crippen molar-refractivity contribution < 1.29 is 19.2 Å². The van der Waals surface area contributed by atoms with Gasteiger partial charge in [-0.25, -0.2) is 0 Å². The van der Waals surface area contributed by atoms with Crippen LogP contribution >= 0.6 is 0 Å². The third kappa shape index (κ3) is 4.03. The van der Waals surface area contributed by atoms with Gasteiger partial charge < -0.3 is 19.3 Å². The fraction of sp³-hybridized carbons (Fsp3) is 0.476. The lowest BCUT2D eigenvalue weighted by Gasteiger charge is -2.33. The van der Waals surface area contributed by atoms with Crippen LogP contribution in [-0.4, -0.2) is 39.2 Å². The van der Waals surface area contributed by atoms with Crippen molar-refractivity contribution in [3.8, 4) is 11.5 Å². The van der Waals surface area contributed by atoms with Crippen LogP contribution in [0.2, 0.25) is 0 Å². The van der Waals surface area contributed by atoms with Crippen molar-refractivity contribution in [3.05, 3.63) is 41.6 Å². The SMILES string of the molecule is CCOc1cc(/C=C/C(=O)N2CCCCC2c2noc(C3CC3)n2)ccc1O. The molecule has 7 heteroatoms. The Morgan fingerprint density at radius 2 is 2.21 bits per heavy atom. The third-order valence-corrected chi connectivity index (χ3v) is 5.17. The lowest BCUT2D eigenvalue weighted by molar-refractivity contribution is -0.129. The summed E-state index contributed by atoms with van der Waals surface area (Å²) in [5.41, 5.74) is 0.791. The highest BCUT2D eigenvalue weighted by Gasteiger charge is 2.34. The summed E-state index contributed by atoms with van der Waals surface area (Å²) < 4.78 is 10.8. The largest absolute Gasteiger partial charge is 0.504 e. The van der Waals surface area contributed by atoms with Gasteiger partial charge in [-0.1, -0.05) is 11.2 Å². The lowest BCUT2D eigenvalue weighted by atomic mass is 10.0. The van der Waals surface area contributed by atoms with Gasteiger partial charge >= 0.3 is 0 Å². The van der Waals surface area contributed by atoms with E-state index in [1.807, 2.05) is 11.8 Å². The van der Waals surface area contributed by atoms with Gasteiger partial charge in [0.2, 0.25) is 11.8 Å². The molecule has 2 fully saturated rings. The van der Waals surface area contributed by atoms with Gasteiger partial charge in [0.15, 0.2) is 17.3 Å². The molecule has 7 nitrogen and oxygen atoms in total. The predicted molar refractivity (Wildman–Crippen MR) is 103 cm³/mol. The molecule has 0 bridgehead atoms. The lowest BCUT2D eigenvalue weighted by Crippen LogP contribution is -2.38. The first-order valence-corrected chi connectivity index (χ1v) is 9.93. The molecule has 0 spiro atoms. The fourth-order valence-corrected chi connectivity index (χ4v) is 3.51. The average molecular weight is 383 g/mol. The van der Waals surface area contributed by atoms with E-state index < -0.39 is 0 Å². The summed E-state index contributed by atoms with van der Waals surface area (Å²) in [6.45, 7) is 3.00. The van der Waals surface area contributed by atoms with Crippen molar-refractivity contribution >= 4 is 12.0 Å². The van der Waals surface area contributed by atoms with Gasteiger partial charge in [-0.05, 0) is 62.8 Å². The minimum absolute atomic E-state index is 0.0755. The van der Waals surface area contributed by atoms with Crippen LogP contribution in [-0.2, 0) is 4.79 Å². The van der Waals surface area contributed by atoms with Crippen LogP contribution in [0.3, 0.4) is 0 Å². The quantitative estimate of drug-likeness (QED) is 0.763. The van der Waals surface area contributed by atoms with Gasteiger partial charge in [0.05, 0.1) is 12.6 Å².